The van der Waals surface area contributed by atoms with E-state index >= 15 is 0 Å². The standard InChI is InChI=1S/C14H23N3O2S/c1-3-6-15-11-8-20-7-10(11)14-16-13(17-19-14)12(18-2)9-4-5-9/h9-12,15H,3-8H2,1-2H3. The van der Waals surface area contributed by atoms with Crippen LogP contribution in [0.3, 0.4) is 0 Å². The first-order valence-corrected chi connectivity index (χ1v) is 8.66. The summed E-state index contributed by atoms with van der Waals surface area (Å²) < 4.78 is 11.0. The van der Waals surface area contributed by atoms with Gasteiger partial charge in [0.05, 0.1) is 5.92 Å². The SMILES string of the molecule is CCCNC1CSCC1c1nc(C(OC)C2CC2)no1. The lowest BCUT2D eigenvalue weighted by Gasteiger charge is -2.16. The molecular weight excluding hydrogens is 274 g/mol. The molecule has 1 aromatic heterocycles. The Labute approximate surface area is 124 Å². The van der Waals surface area contributed by atoms with Crippen LogP contribution >= 0.6 is 11.8 Å². The van der Waals surface area contributed by atoms with Gasteiger partial charge in [0.15, 0.2) is 0 Å². The van der Waals surface area contributed by atoms with Crippen LogP contribution in [-0.4, -0.2) is 41.3 Å². The van der Waals surface area contributed by atoms with Gasteiger partial charge in [0.2, 0.25) is 11.7 Å². The van der Waals surface area contributed by atoms with Crippen LogP contribution in [0.5, 0.6) is 0 Å². The lowest BCUT2D eigenvalue weighted by molar-refractivity contribution is 0.0751. The van der Waals surface area contributed by atoms with E-state index in [0.29, 0.717) is 17.9 Å². The van der Waals surface area contributed by atoms with Crippen LogP contribution in [0.2, 0.25) is 0 Å². The normalized spacial score (nSPS) is 27.9. The highest BCUT2D eigenvalue weighted by molar-refractivity contribution is 7.99. The fourth-order valence-corrected chi connectivity index (χ4v) is 4.12. The number of nitrogens with zero attached hydrogens (tertiary/aromatic N) is 2. The van der Waals surface area contributed by atoms with Crippen LogP contribution in [-0.2, 0) is 4.74 Å². The van der Waals surface area contributed by atoms with Crippen molar-refractivity contribution in [2.75, 3.05) is 25.2 Å². The Kier molecular flexibility index (Phi) is 4.63. The molecule has 2 fully saturated rings. The third kappa shape index (κ3) is 3.02. The minimum atomic E-state index is 0.0172. The van der Waals surface area contributed by atoms with E-state index in [-0.39, 0.29) is 6.10 Å². The zero-order valence-corrected chi connectivity index (χ0v) is 13.0. The molecule has 2 aliphatic rings. The van der Waals surface area contributed by atoms with Crippen molar-refractivity contribution >= 4 is 11.8 Å². The number of aromatic nitrogens is 2. The zero-order valence-electron chi connectivity index (χ0n) is 12.2. The Balaban J connectivity index is 1.68. The lowest BCUT2D eigenvalue weighted by Crippen LogP contribution is -2.34. The number of nitrogens with one attached hydrogen (secondary N) is 1. The Bertz CT molecular complexity index is 436. The van der Waals surface area contributed by atoms with Gasteiger partial charge in [-0.25, -0.2) is 0 Å². The fourth-order valence-electron chi connectivity index (χ4n) is 2.75. The molecule has 2 heterocycles. The maximum atomic E-state index is 5.53. The monoisotopic (exact) mass is 297 g/mol. The molecule has 3 atom stereocenters. The average Bonchev–Trinajstić information content (AvgIpc) is 3.00. The molecule has 0 bridgehead atoms. The molecule has 112 valence electrons. The predicted octanol–water partition coefficient (Wildman–Crippen LogP) is 2.37. The molecule has 6 heteroatoms. The quantitative estimate of drug-likeness (QED) is 0.834. The highest BCUT2D eigenvalue weighted by Crippen LogP contribution is 2.42. The molecule has 1 saturated carbocycles. The molecule has 5 nitrogen and oxygen atoms in total. The molecule has 1 aromatic rings. The summed E-state index contributed by atoms with van der Waals surface area (Å²) in [4.78, 5) is 4.63. The third-order valence-electron chi connectivity index (χ3n) is 4.07. The molecule has 0 aromatic carbocycles. The van der Waals surface area contributed by atoms with Crippen molar-refractivity contribution in [3.63, 3.8) is 0 Å². The predicted molar refractivity (Wildman–Crippen MR) is 78.9 cm³/mol. The molecule has 1 aliphatic carbocycles. The first kappa shape index (κ1) is 14.4. The van der Waals surface area contributed by atoms with Crippen LogP contribution in [0.4, 0.5) is 0 Å². The largest absolute Gasteiger partial charge is 0.373 e. The first-order valence-electron chi connectivity index (χ1n) is 7.51. The van der Waals surface area contributed by atoms with E-state index in [9.17, 15) is 0 Å². The highest BCUT2D eigenvalue weighted by Gasteiger charge is 2.38. The summed E-state index contributed by atoms with van der Waals surface area (Å²) in [6.07, 6.45) is 3.59. The second-order valence-corrected chi connectivity index (χ2v) is 6.76. The van der Waals surface area contributed by atoms with Gasteiger partial charge >= 0.3 is 0 Å². The third-order valence-corrected chi connectivity index (χ3v) is 5.26. The van der Waals surface area contributed by atoms with E-state index in [1.807, 2.05) is 11.8 Å². The minimum absolute atomic E-state index is 0.0172. The van der Waals surface area contributed by atoms with Gasteiger partial charge in [-0.3, -0.25) is 0 Å². The average molecular weight is 297 g/mol. The molecule has 1 aliphatic heterocycles. The second-order valence-electron chi connectivity index (χ2n) is 5.69. The number of hydrogen-bond acceptors (Lipinski definition) is 6. The van der Waals surface area contributed by atoms with E-state index < -0.39 is 0 Å². The zero-order chi connectivity index (χ0) is 13.9. The summed E-state index contributed by atoms with van der Waals surface area (Å²) in [6.45, 7) is 3.24. The van der Waals surface area contributed by atoms with Gasteiger partial charge in [0.1, 0.15) is 6.10 Å². The van der Waals surface area contributed by atoms with Crippen LogP contribution in [0, 0.1) is 5.92 Å². The van der Waals surface area contributed by atoms with Crippen molar-refractivity contribution in [3.8, 4) is 0 Å². The number of rotatable bonds is 7. The van der Waals surface area contributed by atoms with Gasteiger partial charge in [0.25, 0.3) is 0 Å². The van der Waals surface area contributed by atoms with Crippen molar-refractivity contribution < 1.29 is 9.26 Å². The van der Waals surface area contributed by atoms with Gasteiger partial charge in [-0.1, -0.05) is 12.1 Å². The van der Waals surface area contributed by atoms with Crippen molar-refractivity contribution in [2.45, 2.75) is 44.2 Å². The molecular formula is C14H23N3O2S. The Morgan fingerprint density at radius 2 is 2.30 bits per heavy atom. The molecule has 0 radical (unpaired) electrons. The van der Waals surface area contributed by atoms with Gasteiger partial charge in [-0.2, -0.15) is 16.7 Å². The highest BCUT2D eigenvalue weighted by atomic mass is 32.2. The molecule has 3 unspecified atom stereocenters. The first-order chi connectivity index (χ1) is 9.83. The topological polar surface area (TPSA) is 60.2 Å². The van der Waals surface area contributed by atoms with Crippen LogP contribution < -0.4 is 5.32 Å². The summed E-state index contributed by atoms with van der Waals surface area (Å²) in [6, 6.07) is 0.454. The van der Waals surface area contributed by atoms with E-state index in [2.05, 4.69) is 22.4 Å². The van der Waals surface area contributed by atoms with Gasteiger partial charge in [0, 0.05) is 24.7 Å². The van der Waals surface area contributed by atoms with Gasteiger partial charge in [-0.15, -0.1) is 0 Å². The van der Waals surface area contributed by atoms with Crippen molar-refractivity contribution in [1.29, 1.82) is 0 Å². The molecule has 0 amide bonds. The molecule has 0 spiro atoms. The lowest BCUT2D eigenvalue weighted by atomic mass is 10.0. The van der Waals surface area contributed by atoms with Gasteiger partial charge in [-0.05, 0) is 31.7 Å². The number of thioether (sulfide) groups is 1. The van der Waals surface area contributed by atoms with Gasteiger partial charge < -0.3 is 14.6 Å². The summed E-state index contributed by atoms with van der Waals surface area (Å²) >= 11 is 1.96. The Morgan fingerprint density at radius 3 is 3.00 bits per heavy atom. The number of ether oxygens (including phenoxy) is 1. The van der Waals surface area contributed by atoms with E-state index in [1.54, 1.807) is 7.11 Å². The Hall–Kier alpha value is -0.590. The maximum absolute atomic E-state index is 5.53. The number of methoxy groups -OCH3 is 1. The van der Waals surface area contributed by atoms with Crippen molar-refractivity contribution in [3.05, 3.63) is 11.7 Å². The molecule has 1 N–H and O–H groups in total. The fraction of sp³-hybridized carbons (Fsp3) is 0.857. The minimum Gasteiger partial charge on any atom is -0.373 e. The van der Waals surface area contributed by atoms with E-state index in [4.69, 9.17) is 9.26 Å². The maximum Gasteiger partial charge on any atom is 0.232 e. The smallest absolute Gasteiger partial charge is 0.232 e. The molecule has 20 heavy (non-hydrogen) atoms. The second kappa shape index (κ2) is 6.45. The molecule has 1 saturated heterocycles. The van der Waals surface area contributed by atoms with Crippen LogP contribution in [0.1, 0.15) is 49.9 Å². The summed E-state index contributed by atoms with van der Waals surface area (Å²) in [7, 11) is 1.73. The summed E-state index contributed by atoms with van der Waals surface area (Å²) in [5.41, 5.74) is 0. The summed E-state index contributed by atoms with van der Waals surface area (Å²) in [5, 5.41) is 7.75. The number of hydrogen-bond donors (Lipinski definition) is 1. The van der Waals surface area contributed by atoms with Crippen molar-refractivity contribution in [2.24, 2.45) is 5.92 Å². The Morgan fingerprint density at radius 1 is 1.45 bits per heavy atom. The van der Waals surface area contributed by atoms with E-state index in [1.165, 1.54) is 12.8 Å². The molecule has 3 rings (SSSR count). The van der Waals surface area contributed by atoms with Crippen LogP contribution in [0.25, 0.3) is 0 Å². The van der Waals surface area contributed by atoms with E-state index in [0.717, 1.165) is 36.2 Å². The van der Waals surface area contributed by atoms with Crippen molar-refractivity contribution in [1.82, 2.24) is 15.5 Å². The van der Waals surface area contributed by atoms with Crippen LogP contribution in [0.15, 0.2) is 4.52 Å². The summed E-state index contributed by atoms with van der Waals surface area (Å²) in [5.74, 6) is 4.61.